The van der Waals surface area contributed by atoms with Crippen LogP contribution in [-0.4, -0.2) is 41.3 Å². The number of carbonyl (C=O) groups excluding carboxylic acids is 1. The summed E-state index contributed by atoms with van der Waals surface area (Å²) in [6.45, 7) is 5.65. The first-order valence-electron chi connectivity index (χ1n) is 15.0. The van der Waals surface area contributed by atoms with E-state index in [9.17, 15) is 9.59 Å². The first-order chi connectivity index (χ1) is 22.7. The lowest BCUT2D eigenvalue weighted by atomic mass is 10.1. The molecule has 0 spiro atoms. The molecular formula is C36H32N8O3. The van der Waals surface area contributed by atoms with Crippen LogP contribution >= 0.6 is 0 Å². The number of carbonyl (C=O) groups is 1. The molecule has 3 aromatic heterocycles. The number of aryl methyl sites for hydroxylation is 1. The summed E-state index contributed by atoms with van der Waals surface area (Å²) in [7, 11) is 1.81. The molecule has 0 fully saturated rings. The van der Waals surface area contributed by atoms with Crippen LogP contribution in [0.2, 0.25) is 0 Å². The topological polar surface area (TPSA) is 143 Å². The van der Waals surface area contributed by atoms with Crippen LogP contribution in [-0.2, 0) is 7.05 Å². The molecule has 1 amide bonds. The maximum Gasteiger partial charge on any atom is 0.274 e. The number of amides is 1. The number of nitrogens with two attached hydrogens (primary N) is 1. The van der Waals surface area contributed by atoms with Crippen molar-refractivity contribution in [2.45, 2.75) is 32.9 Å². The SMILES string of the molecule is CC(C)Oc1ccc(-c2cnc(N)c(C(=O)N[C@@H](C)c3nc4cccc(C#Cc5ccn(C)n5)c4c(=O)n3-c3ccccc3)n2)cc1. The van der Waals surface area contributed by atoms with Crippen LogP contribution in [0.4, 0.5) is 5.82 Å². The third kappa shape index (κ3) is 6.57. The number of ether oxygens (including phenoxy) is 1. The quantitative estimate of drug-likeness (QED) is 0.240. The minimum atomic E-state index is -0.736. The molecule has 0 unspecified atom stereocenters. The highest BCUT2D eigenvalue weighted by Gasteiger charge is 2.23. The second-order valence-corrected chi connectivity index (χ2v) is 11.1. The summed E-state index contributed by atoms with van der Waals surface area (Å²) in [6, 6.07) is 22.9. The van der Waals surface area contributed by atoms with Crippen molar-refractivity contribution in [1.82, 2.24) is 34.6 Å². The second-order valence-electron chi connectivity index (χ2n) is 11.1. The van der Waals surface area contributed by atoms with E-state index in [1.54, 1.807) is 54.2 Å². The van der Waals surface area contributed by atoms with Crippen molar-refractivity contribution >= 4 is 22.6 Å². The number of nitrogens with one attached hydrogen (secondary N) is 1. The Morgan fingerprint density at radius 2 is 1.70 bits per heavy atom. The van der Waals surface area contributed by atoms with Crippen LogP contribution in [0.25, 0.3) is 27.8 Å². The van der Waals surface area contributed by atoms with Gasteiger partial charge in [-0.25, -0.2) is 15.0 Å². The molecular weight excluding hydrogens is 592 g/mol. The van der Waals surface area contributed by atoms with Gasteiger partial charge in [0.05, 0.1) is 40.6 Å². The van der Waals surface area contributed by atoms with Gasteiger partial charge >= 0.3 is 0 Å². The van der Waals surface area contributed by atoms with Gasteiger partial charge in [0.2, 0.25) is 0 Å². The molecule has 3 heterocycles. The molecule has 234 valence electrons. The van der Waals surface area contributed by atoms with Crippen molar-refractivity contribution in [3.8, 4) is 34.5 Å². The van der Waals surface area contributed by atoms with Crippen molar-refractivity contribution in [2.24, 2.45) is 7.05 Å². The predicted molar refractivity (Wildman–Crippen MR) is 180 cm³/mol. The van der Waals surface area contributed by atoms with Crippen LogP contribution < -0.4 is 21.3 Å². The highest BCUT2D eigenvalue weighted by atomic mass is 16.5. The summed E-state index contributed by atoms with van der Waals surface area (Å²) in [4.78, 5) is 41.5. The number of para-hydroxylation sites is 1. The average Bonchev–Trinajstić information content (AvgIpc) is 3.49. The van der Waals surface area contributed by atoms with E-state index in [0.29, 0.717) is 39.4 Å². The summed E-state index contributed by atoms with van der Waals surface area (Å²) >= 11 is 0. The Labute approximate surface area is 271 Å². The van der Waals surface area contributed by atoms with Crippen molar-refractivity contribution in [1.29, 1.82) is 0 Å². The zero-order valence-electron chi connectivity index (χ0n) is 26.3. The van der Waals surface area contributed by atoms with Gasteiger partial charge in [-0.1, -0.05) is 30.2 Å². The van der Waals surface area contributed by atoms with E-state index in [1.807, 2.05) is 63.4 Å². The number of rotatable bonds is 7. The zero-order valence-corrected chi connectivity index (χ0v) is 26.3. The van der Waals surface area contributed by atoms with Gasteiger partial charge in [0, 0.05) is 24.4 Å². The van der Waals surface area contributed by atoms with Gasteiger partial charge in [0.1, 0.15) is 17.3 Å². The molecule has 0 saturated carbocycles. The monoisotopic (exact) mass is 624 g/mol. The van der Waals surface area contributed by atoms with Gasteiger partial charge in [-0.15, -0.1) is 0 Å². The molecule has 0 radical (unpaired) electrons. The third-order valence-electron chi connectivity index (χ3n) is 7.25. The lowest BCUT2D eigenvalue weighted by Crippen LogP contribution is -2.34. The minimum absolute atomic E-state index is 0.0266. The molecule has 0 bridgehead atoms. The molecule has 0 aliphatic heterocycles. The Kier molecular flexibility index (Phi) is 8.49. The van der Waals surface area contributed by atoms with Gasteiger partial charge in [-0.05, 0) is 81.3 Å². The number of hydrogen-bond donors (Lipinski definition) is 2. The molecule has 0 aliphatic carbocycles. The first-order valence-corrected chi connectivity index (χ1v) is 15.0. The van der Waals surface area contributed by atoms with Gasteiger partial charge in [-0.2, -0.15) is 5.10 Å². The molecule has 6 aromatic rings. The summed E-state index contributed by atoms with van der Waals surface area (Å²) in [5.41, 5.74) is 9.09. The molecule has 47 heavy (non-hydrogen) atoms. The van der Waals surface area contributed by atoms with E-state index >= 15 is 0 Å². The fraction of sp³-hybridized carbons (Fsp3) is 0.167. The van der Waals surface area contributed by atoms with E-state index in [-0.39, 0.29) is 23.2 Å². The van der Waals surface area contributed by atoms with Crippen LogP contribution in [0.1, 0.15) is 54.4 Å². The van der Waals surface area contributed by atoms with Crippen LogP contribution in [0.15, 0.2) is 96.1 Å². The van der Waals surface area contributed by atoms with Crippen molar-refractivity contribution in [3.63, 3.8) is 0 Å². The number of fused-ring (bicyclic) bond motifs is 1. The largest absolute Gasteiger partial charge is 0.491 e. The number of nitrogens with zero attached hydrogens (tertiary/aromatic N) is 6. The van der Waals surface area contributed by atoms with E-state index < -0.39 is 11.9 Å². The normalized spacial score (nSPS) is 11.6. The lowest BCUT2D eigenvalue weighted by molar-refractivity contribution is 0.0933. The molecule has 3 aromatic carbocycles. The molecule has 11 heteroatoms. The molecule has 0 aliphatic rings. The van der Waals surface area contributed by atoms with Gasteiger partial charge in [-0.3, -0.25) is 18.8 Å². The fourth-order valence-corrected chi connectivity index (χ4v) is 5.09. The first kappa shape index (κ1) is 30.7. The van der Waals surface area contributed by atoms with Crippen LogP contribution in [0.5, 0.6) is 5.75 Å². The summed E-state index contributed by atoms with van der Waals surface area (Å²) in [6.07, 6.45) is 3.35. The summed E-state index contributed by atoms with van der Waals surface area (Å²) in [5, 5.41) is 7.59. The van der Waals surface area contributed by atoms with E-state index in [4.69, 9.17) is 15.5 Å². The maximum atomic E-state index is 14.3. The standard InChI is InChI=1S/C36H32N8O3/c1-22(2)47-28-17-14-24(15-18-28)30-21-38-33(37)32(40-30)35(45)39-23(3)34-41-29-12-8-9-25(13-16-26-19-20-43(4)42-26)31(29)36(46)44(34)27-10-6-5-7-11-27/h5-12,14-15,17-23H,1-4H3,(H2,37,38)(H,39,45)/t23-/m0/s1. The van der Waals surface area contributed by atoms with Crippen LogP contribution in [0, 0.1) is 11.8 Å². The molecule has 1 atom stereocenters. The fourth-order valence-electron chi connectivity index (χ4n) is 5.09. The highest BCUT2D eigenvalue weighted by molar-refractivity contribution is 5.97. The Bertz CT molecular complexity index is 2210. The number of aromatic nitrogens is 6. The Balaban J connectivity index is 1.37. The average molecular weight is 625 g/mol. The van der Waals surface area contributed by atoms with Gasteiger partial charge in [0.25, 0.3) is 11.5 Å². The van der Waals surface area contributed by atoms with Crippen molar-refractivity contribution < 1.29 is 9.53 Å². The number of benzene rings is 3. The van der Waals surface area contributed by atoms with Crippen LogP contribution in [0.3, 0.4) is 0 Å². The zero-order chi connectivity index (χ0) is 33.1. The lowest BCUT2D eigenvalue weighted by Gasteiger charge is -2.20. The number of hydrogen-bond acceptors (Lipinski definition) is 8. The minimum Gasteiger partial charge on any atom is -0.491 e. The summed E-state index contributed by atoms with van der Waals surface area (Å²) < 4.78 is 8.88. The maximum absolute atomic E-state index is 14.3. The number of anilines is 1. The Morgan fingerprint density at radius 3 is 2.40 bits per heavy atom. The molecule has 0 saturated heterocycles. The Morgan fingerprint density at radius 1 is 0.936 bits per heavy atom. The van der Waals surface area contributed by atoms with Crippen molar-refractivity contribution in [3.05, 3.63) is 124 Å². The molecule has 6 rings (SSSR count). The highest BCUT2D eigenvalue weighted by Crippen LogP contribution is 2.24. The molecule has 11 nitrogen and oxygen atoms in total. The smallest absolute Gasteiger partial charge is 0.274 e. The molecule has 3 N–H and O–H groups in total. The van der Waals surface area contributed by atoms with E-state index in [1.165, 1.54) is 10.8 Å². The van der Waals surface area contributed by atoms with E-state index in [2.05, 4.69) is 32.2 Å². The van der Waals surface area contributed by atoms with Gasteiger partial charge < -0.3 is 15.8 Å². The Hall–Kier alpha value is -6.28. The second kappa shape index (κ2) is 13.0. The summed E-state index contributed by atoms with van der Waals surface area (Å²) in [5.74, 6) is 6.57. The predicted octanol–water partition coefficient (Wildman–Crippen LogP) is 4.84. The van der Waals surface area contributed by atoms with Gasteiger partial charge in [0.15, 0.2) is 11.5 Å². The van der Waals surface area contributed by atoms with Crippen molar-refractivity contribution in [2.75, 3.05) is 5.73 Å². The number of nitrogen functional groups attached to an aromatic ring is 1. The van der Waals surface area contributed by atoms with E-state index in [0.717, 1.165) is 11.3 Å². The third-order valence-corrected chi connectivity index (χ3v) is 7.25.